The van der Waals surface area contributed by atoms with Crippen molar-refractivity contribution in [2.45, 2.75) is 65.5 Å². The van der Waals surface area contributed by atoms with Gasteiger partial charge >= 0.3 is 6.03 Å². The number of hydrogen-bond donors (Lipinski definition) is 2. The van der Waals surface area contributed by atoms with E-state index in [9.17, 15) is 4.79 Å². The van der Waals surface area contributed by atoms with E-state index in [1.165, 1.54) is 0 Å². The Balaban J connectivity index is 2.18. The SMILES string of the molecule is CC(NC(=O)Nc1cc(C(C)(C)C)nn1C(C)(C)C)c1ccncc1. The number of amides is 2. The molecule has 1 atom stereocenters. The molecular formula is C19H29N5O. The first-order valence-electron chi connectivity index (χ1n) is 8.57. The van der Waals surface area contributed by atoms with E-state index < -0.39 is 0 Å². The Morgan fingerprint density at radius 1 is 1.12 bits per heavy atom. The molecule has 0 fully saturated rings. The van der Waals surface area contributed by atoms with E-state index >= 15 is 0 Å². The average molecular weight is 343 g/mol. The third-order valence-corrected chi connectivity index (χ3v) is 3.91. The van der Waals surface area contributed by atoms with E-state index in [0.717, 1.165) is 11.3 Å². The minimum Gasteiger partial charge on any atom is -0.331 e. The smallest absolute Gasteiger partial charge is 0.320 e. The van der Waals surface area contributed by atoms with Crippen LogP contribution in [0.4, 0.5) is 10.6 Å². The molecule has 2 heterocycles. The van der Waals surface area contributed by atoms with E-state index in [0.29, 0.717) is 5.82 Å². The highest BCUT2D eigenvalue weighted by atomic mass is 16.2. The van der Waals surface area contributed by atoms with E-state index in [2.05, 4.69) is 57.2 Å². The Morgan fingerprint density at radius 2 is 1.72 bits per heavy atom. The Kier molecular flexibility index (Phi) is 5.20. The first-order chi connectivity index (χ1) is 11.5. The van der Waals surface area contributed by atoms with Crippen LogP contribution in [0.3, 0.4) is 0 Å². The third-order valence-electron chi connectivity index (χ3n) is 3.91. The van der Waals surface area contributed by atoms with E-state index in [1.807, 2.05) is 29.8 Å². The molecule has 6 heteroatoms. The summed E-state index contributed by atoms with van der Waals surface area (Å²) in [6.07, 6.45) is 3.44. The molecule has 2 aromatic heterocycles. The van der Waals surface area contributed by atoms with Crippen molar-refractivity contribution in [1.82, 2.24) is 20.1 Å². The minimum atomic E-state index is -0.254. The quantitative estimate of drug-likeness (QED) is 0.877. The van der Waals surface area contributed by atoms with Crippen LogP contribution in [0.1, 0.15) is 65.8 Å². The van der Waals surface area contributed by atoms with Crippen molar-refractivity contribution in [2.75, 3.05) is 5.32 Å². The molecule has 136 valence electrons. The topological polar surface area (TPSA) is 71.8 Å². The lowest BCUT2D eigenvalue weighted by Crippen LogP contribution is -2.34. The van der Waals surface area contributed by atoms with Gasteiger partial charge in [-0.2, -0.15) is 5.10 Å². The van der Waals surface area contributed by atoms with Crippen LogP contribution in [0.5, 0.6) is 0 Å². The molecule has 0 spiro atoms. The second-order valence-corrected chi connectivity index (χ2v) is 8.35. The monoisotopic (exact) mass is 343 g/mol. The molecule has 0 saturated carbocycles. The van der Waals surface area contributed by atoms with Crippen molar-refractivity contribution < 1.29 is 4.79 Å². The average Bonchev–Trinajstić information content (AvgIpc) is 2.92. The Morgan fingerprint density at radius 3 is 2.24 bits per heavy atom. The summed E-state index contributed by atoms with van der Waals surface area (Å²) in [5.41, 5.74) is 1.63. The number of anilines is 1. The lowest BCUT2D eigenvalue weighted by molar-refractivity contribution is 0.249. The zero-order valence-electron chi connectivity index (χ0n) is 16.2. The van der Waals surface area contributed by atoms with Crippen LogP contribution in [0.2, 0.25) is 0 Å². The lowest BCUT2D eigenvalue weighted by atomic mass is 9.92. The summed E-state index contributed by atoms with van der Waals surface area (Å²) in [4.78, 5) is 16.5. The van der Waals surface area contributed by atoms with Crippen LogP contribution in [-0.4, -0.2) is 20.8 Å². The maximum absolute atomic E-state index is 12.5. The van der Waals surface area contributed by atoms with Crippen LogP contribution in [0.25, 0.3) is 0 Å². The second kappa shape index (κ2) is 6.86. The minimum absolute atomic E-state index is 0.0895. The van der Waals surface area contributed by atoms with Gasteiger partial charge in [-0.3, -0.25) is 10.3 Å². The molecule has 6 nitrogen and oxygen atoms in total. The highest BCUT2D eigenvalue weighted by Gasteiger charge is 2.26. The summed E-state index contributed by atoms with van der Waals surface area (Å²) in [5, 5.41) is 10.6. The van der Waals surface area contributed by atoms with Gasteiger partial charge < -0.3 is 5.32 Å². The molecule has 0 bridgehead atoms. The van der Waals surface area contributed by atoms with Crippen molar-refractivity contribution in [3.8, 4) is 0 Å². The molecule has 0 aliphatic rings. The van der Waals surface area contributed by atoms with Crippen molar-refractivity contribution in [1.29, 1.82) is 0 Å². The summed E-state index contributed by atoms with van der Waals surface area (Å²) in [6.45, 7) is 14.5. The third kappa shape index (κ3) is 4.81. The van der Waals surface area contributed by atoms with Gasteiger partial charge in [0.25, 0.3) is 0 Å². The van der Waals surface area contributed by atoms with Crippen LogP contribution in [-0.2, 0) is 11.0 Å². The standard InChI is InChI=1S/C19H29N5O/c1-13(14-8-10-20-11-9-14)21-17(25)22-16-12-15(18(2,3)4)23-24(16)19(5,6)7/h8-13H,1-7H3,(H2,21,22,25). The van der Waals surface area contributed by atoms with Gasteiger partial charge in [-0.1, -0.05) is 20.8 Å². The normalized spacial score (nSPS) is 13.4. The van der Waals surface area contributed by atoms with Crippen molar-refractivity contribution >= 4 is 11.8 Å². The summed E-state index contributed by atoms with van der Waals surface area (Å²) >= 11 is 0. The van der Waals surface area contributed by atoms with Gasteiger partial charge in [-0.05, 0) is 45.4 Å². The first kappa shape index (κ1) is 19.0. The van der Waals surface area contributed by atoms with Crippen LogP contribution < -0.4 is 10.6 Å². The summed E-state index contributed by atoms with van der Waals surface area (Å²) in [5.74, 6) is 0.692. The number of nitrogens with zero attached hydrogens (tertiary/aromatic N) is 3. The second-order valence-electron chi connectivity index (χ2n) is 8.35. The lowest BCUT2D eigenvalue weighted by Gasteiger charge is -2.23. The number of urea groups is 1. The predicted molar refractivity (Wildman–Crippen MR) is 101 cm³/mol. The largest absolute Gasteiger partial charge is 0.331 e. The van der Waals surface area contributed by atoms with E-state index in [4.69, 9.17) is 5.10 Å². The fourth-order valence-electron chi connectivity index (χ4n) is 2.43. The van der Waals surface area contributed by atoms with Crippen molar-refractivity contribution in [3.63, 3.8) is 0 Å². The predicted octanol–water partition coefficient (Wildman–Crippen LogP) is 4.21. The molecule has 2 aromatic rings. The zero-order chi connectivity index (χ0) is 18.8. The zero-order valence-corrected chi connectivity index (χ0v) is 16.2. The number of carbonyl (C=O) groups is 1. The van der Waals surface area contributed by atoms with Crippen LogP contribution >= 0.6 is 0 Å². The van der Waals surface area contributed by atoms with E-state index in [-0.39, 0.29) is 23.0 Å². The van der Waals surface area contributed by atoms with Gasteiger partial charge in [-0.15, -0.1) is 0 Å². The number of aromatic nitrogens is 3. The molecule has 2 N–H and O–H groups in total. The van der Waals surface area contributed by atoms with E-state index in [1.54, 1.807) is 12.4 Å². The fraction of sp³-hybridized carbons (Fsp3) is 0.526. The molecule has 1 unspecified atom stereocenters. The van der Waals surface area contributed by atoms with Gasteiger partial charge in [0.05, 0.1) is 17.3 Å². The van der Waals surface area contributed by atoms with Crippen molar-refractivity contribution in [2.24, 2.45) is 0 Å². The molecule has 0 radical (unpaired) electrons. The van der Waals surface area contributed by atoms with Gasteiger partial charge in [0, 0.05) is 23.9 Å². The highest BCUT2D eigenvalue weighted by Crippen LogP contribution is 2.28. The van der Waals surface area contributed by atoms with Crippen LogP contribution in [0.15, 0.2) is 30.6 Å². The number of carbonyl (C=O) groups excluding carboxylic acids is 1. The summed E-state index contributed by atoms with van der Waals surface area (Å²) in [7, 11) is 0. The molecule has 0 aliphatic heterocycles. The number of nitrogens with one attached hydrogen (secondary N) is 2. The molecule has 0 aliphatic carbocycles. The maximum Gasteiger partial charge on any atom is 0.320 e. The maximum atomic E-state index is 12.5. The number of rotatable bonds is 3. The van der Waals surface area contributed by atoms with Gasteiger partial charge in [-0.25, -0.2) is 9.48 Å². The Hall–Kier alpha value is -2.37. The fourth-order valence-corrected chi connectivity index (χ4v) is 2.43. The summed E-state index contributed by atoms with van der Waals surface area (Å²) < 4.78 is 1.87. The van der Waals surface area contributed by atoms with Crippen LogP contribution in [0, 0.1) is 0 Å². The van der Waals surface area contributed by atoms with Gasteiger partial charge in [0.1, 0.15) is 5.82 Å². The van der Waals surface area contributed by atoms with Crippen molar-refractivity contribution in [3.05, 3.63) is 41.9 Å². The summed E-state index contributed by atoms with van der Waals surface area (Å²) in [6, 6.07) is 5.36. The molecule has 0 saturated heterocycles. The Labute approximate surface area is 150 Å². The number of pyridine rings is 1. The number of hydrogen-bond acceptors (Lipinski definition) is 3. The molecule has 25 heavy (non-hydrogen) atoms. The first-order valence-corrected chi connectivity index (χ1v) is 8.57. The molecule has 2 rings (SSSR count). The molecular weight excluding hydrogens is 314 g/mol. The van der Waals surface area contributed by atoms with Gasteiger partial charge in [0.2, 0.25) is 0 Å². The molecule has 0 aromatic carbocycles. The Bertz CT molecular complexity index is 723. The molecule has 2 amide bonds. The van der Waals surface area contributed by atoms with Gasteiger partial charge in [0.15, 0.2) is 0 Å². The highest BCUT2D eigenvalue weighted by molar-refractivity contribution is 5.88.